The number of hydrogen-bond acceptors (Lipinski definition) is 2. The number of rotatable bonds is 5. The maximum Gasteiger partial charge on any atom is 0.247 e. The van der Waals surface area contributed by atoms with Crippen LogP contribution in [0.4, 0.5) is 17.1 Å². The van der Waals surface area contributed by atoms with Gasteiger partial charge in [0.2, 0.25) is 6.71 Å². The molecule has 94 heavy (non-hydrogen) atoms. The Hall–Kier alpha value is -9.55. The van der Waals surface area contributed by atoms with E-state index in [9.17, 15) is 8.22 Å². The van der Waals surface area contributed by atoms with E-state index in [0.29, 0.717) is 5.69 Å². The molecule has 0 atom stereocenters. The first kappa shape index (κ1) is 50.0. The Balaban J connectivity index is 1.10. The maximum atomic E-state index is 9.79. The summed E-state index contributed by atoms with van der Waals surface area (Å²) in [6.45, 7) is 26.9. The van der Waals surface area contributed by atoms with E-state index in [-0.39, 0.29) is 67.6 Å². The van der Waals surface area contributed by atoms with Crippen molar-refractivity contribution in [3.8, 4) is 33.6 Å². The molecular formula is C89H78BN3S. The number of hydrogen-bond donors (Lipinski definition) is 0. The van der Waals surface area contributed by atoms with Crippen molar-refractivity contribution in [2.75, 3.05) is 4.90 Å². The summed E-state index contributed by atoms with van der Waals surface area (Å²) in [7, 11) is 0. The highest BCUT2D eigenvalue weighted by molar-refractivity contribution is 7.99. The lowest BCUT2D eigenvalue weighted by Gasteiger charge is -2.51. The van der Waals surface area contributed by atoms with Crippen LogP contribution in [-0.4, -0.2) is 15.8 Å². The molecular weight excluding hydrogens is 1150 g/mol. The van der Waals surface area contributed by atoms with Crippen molar-refractivity contribution in [2.24, 2.45) is 0 Å². The fourth-order valence-electron chi connectivity index (χ4n) is 15.7. The lowest BCUT2D eigenvalue weighted by atomic mass is 9.29. The molecule has 0 N–H and O–H groups in total. The van der Waals surface area contributed by atoms with Crippen LogP contribution in [0, 0.1) is 0 Å². The first-order valence-corrected chi connectivity index (χ1v) is 33.8. The standard InChI is InChI=1S/C89H78BN3S/c1-85(2,3)58-28-24-27-56(47-58)57-37-42-73-71(48-57)89(69-31-18-22-35-82(69)94-83-36-23-19-32-70(83)89)72-52-63(92-78-45-39-60(87(7,8)9)50-67(78)68-51-61(88(10,11)12)40-46-79(68)92)54-81-84(72)90(73)74-43-41-62(91-75-33-20-16-29-64(75)65-30-17-21-34-76(65)91)53-80(74)93(81)77-44-38-59(86(4,5)6)49-66(77)55-25-14-13-15-26-55/h13-54H,1-12H3/i16D,17D,20D,21D,29D,30D,33D,34D. The second-order valence-corrected chi connectivity index (χ2v) is 31.4. The molecule has 0 amide bonds. The van der Waals surface area contributed by atoms with Gasteiger partial charge in [0, 0.05) is 59.6 Å². The monoisotopic (exact) mass is 1240 g/mol. The number of nitrogens with zero attached hydrogens (tertiary/aromatic N) is 3. The Morgan fingerprint density at radius 2 is 0.862 bits per heavy atom. The van der Waals surface area contributed by atoms with E-state index >= 15 is 0 Å². The van der Waals surface area contributed by atoms with Gasteiger partial charge < -0.3 is 14.0 Å². The maximum absolute atomic E-state index is 9.79. The minimum atomic E-state index is -0.948. The van der Waals surface area contributed by atoms with Crippen LogP contribution in [0.2, 0.25) is 0 Å². The van der Waals surface area contributed by atoms with Gasteiger partial charge in [0.25, 0.3) is 0 Å². The Labute approximate surface area is 570 Å². The van der Waals surface area contributed by atoms with Crippen molar-refractivity contribution in [1.82, 2.24) is 9.13 Å². The normalized spacial score (nSPS) is 15.4. The van der Waals surface area contributed by atoms with Crippen LogP contribution in [0.5, 0.6) is 0 Å². The summed E-state index contributed by atoms with van der Waals surface area (Å²) in [5, 5.41) is 2.38. The third kappa shape index (κ3) is 8.79. The van der Waals surface area contributed by atoms with Gasteiger partial charge in [-0.25, -0.2) is 0 Å². The Bertz CT molecular complexity index is 5780. The van der Waals surface area contributed by atoms with Crippen molar-refractivity contribution in [3.63, 3.8) is 0 Å². The Morgan fingerprint density at radius 1 is 0.351 bits per heavy atom. The Kier molecular flexibility index (Phi) is 11.0. The zero-order valence-electron chi connectivity index (χ0n) is 63.5. The van der Waals surface area contributed by atoms with E-state index in [4.69, 9.17) is 2.74 Å². The fraction of sp³-hybridized carbons (Fsp3) is 0.191. The molecule has 14 aromatic rings. The van der Waals surface area contributed by atoms with Gasteiger partial charge in [-0.05, 0) is 179 Å². The first-order valence-electron chi connectivity index (χ1n) is 37.0. The number of para-hydroxylation sites is 2. The van der Waals surface area contributed by atoms with Crippen LogP contribution >= 0.6 is 11.8 Å². The van der Waals surface area contributed by atoms with Gasteiger partial charge in [-0.1, -0.05) is 270 Å². The van der Waals surface area contributed by atoms with Crippen LogP contribution < -0.4 is 21.3 Å². The molecule has 3 aliphatic rings. The number of aromatic nitrogens is 2. The summed E-state index contributed by atoms with van der Waals surface area (Å²) in [6.07, 6.45) is 0. The lowest BCUT2D eigenvalue weighted by molar-refractivity contribution is 0.590. The van der Waals surface area contributed by atoms with E-state index in [0.717, 1.165) is 99.9 Å². The highest BCUT2D eigenvalue weighted by atomic mass is 32.2. The minimum absolute atomic E-state index is 0.0262. The second-order valence-electron chi connectivity index (χ2n) is 30.3. The molecule has 17 rings (SSSR count). The van der Waals surface area contributed by atoms with Crippen LogP contribution in [-0.2, 0) is 27.1 Å². The molecule has 5 heteroatoms. The predicted octanol–water partition coefficient (Wildman–Crippen LogP) is 21.9. The number of benzene rings is 12. The molecule has 0 bridgehead atoms. The number of fused-ring (bicyclic) bond motifs is 16. The molecule has 3 nitrogen and oxygen atoms in total. The third-order valence-electron chi connectivity index (χ3n) is 20.5. The van der Waals surface area contributed by atoms with Crippen LogP contribution in [0.15, 0.2) is 264 Å². The molecule has 0 radical (unpaired) electrons. The van der Waals surface area contributed by atoms with Crippen LogP contribution in [0.25, 0.3) is 77.2 Å². The molecule has 5 heterocycles. The molecule has 0 unspecified atom stereocenters. The van der Waals surface area contributed by atoms with Crippen molar-refractivity contribution in [3.05, 3.63) is 299 Å². The SMILES string of the molecule is [2H]c1c([2H])c([2H])c2c(c1[2H])c1c([2H])c([2H])c([2H])c([2H])c1n2-c1ccc2c(c1)N(c1ccc(C(C)(C)C)cc1-c1ccccc1)c1cc(-n3c4ccc(C(C)(C)C)cc4c4cc(C(C)(C)C)ccc43)cc3c1B2c1ccc(-c2cccc(C(C)(C)C)c2)cc1C31c2ccccc2Sc2ccccc21. The molecule has 0 fully saturated rings. The first-order chi connectivity index (χ1) is 48.5. The van der Waals surface area contributed by atoms with Gasteiger partial charge in [0.15, 0.2) is 0 Å². The highest BCUT2D eigenvalue weighted by Crippen LogP contribution is 2.59. The average molecular weight is 1240 g/mol. The summed E-state index contributed by atoms with van der Waals surface area (Å²) in [5.41, 5.74) is 21.7. The molecule has 3 aliphatic heterocycles. The fourth-order valence-corrected chi connectivity index (χ4v) is 16.9. The van der Waals surface area contributed by atoms with E-state index < -0.39 is 36.3 Å². The van der Waals surface area contributed by atoms with Crippen molar-refractivity contribution in [2.45, 2.75) is 120 Å². The lowest BCUT2D eigenvalue weighted by Crippen LogP contribution is -2.65. The summed E-state index contributed by atoms with van der Waals surface area (Å²) in [5.74, 6) is 0. The molecule has 0 aliphatic carbocycles. The van der Waals surface area contributed by atoms with Gasteiger partial charge >= 0.3 is 0 Å². The predicted molar refractivity (Wildman–Crippen MR) is 403 cm³/mol. The van der Waals surface area contributed by atoms with Gasteiger partial charge in [-0.3, -0.25) is 0 Å². The van der Waals surface area contributed by atoms with Gasteiger partial charge in [0.1, 0.15) is 0 Å². The highest BCUT2D eigenvalue weighted by Gasteiger charge is 2.55. The van der Waals surface area contributed by atoms with Crippen molar-refractivity contribution >= 4 is 95.5 Å². The average Bonchev–Trinajstić information content (AvgIpc) is 0.770. The van der Waals surface area contributed by atoms with E-state index in [2.05, 4.69) is 293 Å². The minimum Gasteiger partial charge on any atom is -0.311 e. The summed E-state index contributed by atoms with van der Waals surface area (Å²) >= 11 is 1.83. The second kappa shape index (κ2) is 20.7. The summed E-state index contributed by atoms with van der Waals surface area (Å²) in [6, 6.07) is 73.8. The Morgan fingerprint density at radius 3 is 1.48 bits per heavy atom. The van der Waals surface area contributed by atoms with Gasteiger partial charge in [-0.15, -0.1) is 0 Å². The topological polar surface area (TPSA) is 13.1 Å². The molecule has 458 valence electrons. The van der Waals surface area contributed by atoms with Gasteiger partial charge in [-0.2, -0.15) is 0 Å². The number of anilines is 3. The van der Waals surface area contributed by atoms with Crippen molar-refractivity contribution < 1.29 is 11.0 Å². The quantitative estimate of drug-likeness (QED) is 0.159. The largest absolute Gasteiger partial charge is 0.311 e. The van der Waals surface area contributed by atoms with E-state index in [1.54, 1.807) is 4.57 Å². The zero-order valence-corrected chi connectivity index (χ0v) is 56.3. The smallest absolute Gasteiger partial charge is 0.247 e. The van der Waals surface area contributed by atoms with Gasteiger partial charge in [0.05, 0.1) is 44.1 Å². The van der Waals surface area contributed by atoms with Crippen LogP contribution in [0.3, 0.4) is 0 Å². The zero-order chi connectivity index (χ0) is 71.5. The molecule has 12 aromatic carbocycles. The van der Waals surface area contributed by atoms with Crippen molar-refractivity contribution in [1.29, 1.82) is 0 Å². The molecule has 1 spiro atoms. The summed E-state index contributed by atoms with van der Waals surface area (Å²) < 4.78 is 79.3. The molecule has 2 aromatic heterocycles. The summed E-state index contributed by atoms with van der Waals surface area (Å²) in [4.78, 5) is 4.80. The third-order valence-corrected chi connectivity index (χ3v) is 21.7. The van der Waals surface area contributed by atoms with E-state index in [1.807, 2.05) is 17.8 Å². The van der Waals surface area contributed by atoms with Crippen LogP contribution in [0.1, 0.15) is 139 Å². The van der Waals surface area contributed by atoms with E-state index in [1.165, 1.54) is 37.6 Å². The molecule has 0 saturated carbocycles. The molecule has 0 saturated heterocycles.